The molecule has 0 unspecified atom stereocenters. The number of hydrogen-bond acceptors (Lipinski definition) is 4. The quantitative estimate of drug-likeness (QED) is 0.331. The molecule has 6 atom stereocenters. The zero-order valence-corrected chi connectivity index (χ0v) is 26.2. The average Bonchev–Trinajstić information content (AvgIpc) is 3.62. The van der Waals surface area contributed by atoms with Crippen LogP contribution in [0.15, 0.2) is 48.5 Å². The molecule has 2 aromatic carbocycles. The van der Waals surface area contributed by atoms with Crippen LogP contribution in [-0.2, 0) is 32.2 Å². The Hall–Kier alpha value is -1.72. The molecule has 4 bridgehead atoms. The SMILES string of the molecule is Cc1ccccc1CO[C@@H]1C[C@]2(C(C)C)CC[C@]1(C)O2.Cc1ccccc1CO[C@H]1C[C@@]2(C(C)C)CC[C@@]1(C)O2. The van der Waals surface area contributed by atoms with Crippen molar-refractivity contribution in [2.24, 2.45) is 11.8 Å². The van der Waals surface area contributed by atoms with E-state index in [0.717, 1.165) is 25.7 Å². The summed E-state index contributed by atoms with van der Waals surface area (Å²) < 4.78 is 25.3. The van der Waals surface area contributed by atoms with Crippen molar-refractivity contribution in [1.29, 1.82) is 0 Å². The third-order valence-electron chi connectivity index (χ3n) is 10.9. The normalized spacial score (nSPS) is 36.0. The molecule has 4 heterocycles. The molecule has 4 fully saturated rings. The van der Waals surface area contributed by atoms with Crippen molar-refractivity contribution >= 4 is 0 Å². The Balaban J connectivity index is 0.000000161. The summed E-state index contributed by atoms with van der Waals surface area (Å²) in [5, 5.41) is 0. The van der Waals surface area contributed by atoms with Crippen LogP contribution in [0.1, 0.15) is 102 Å². The number of benzene rings is 2. The Bertz CT molecular complexity index is 1080. The van der Waals surface area contributed by atoms with Gasteiger partial charge in [0.25, 0.3) is 0 Å². The van der Waals surface area contributed by atoms with Gasteiger partial charge in [-0.15, -0.1) is 0 Å². The van der Waals surface area contributed by atoms with Gasteiger partial charge in [0.15, 0.2) is 0 Å². The first-order valence-corrected chi connectivity index (χ1v) is 15.6. The summed E-state index contributed by atoms with van der Waals surface area (Å²) in [7, 11) is 0. The van der Waals surface area contributed by atoms with E-state index in [9.17, 15) is 0 Å². The van der Waals surface area contributed by atoms with E-state index < -0.39 is 0 Å². The van der Waals surface area contributed by atoms with Gasteiger partial charge >= 0.3 is 0 Å². The molecular weight excluding hydrogens is 496 g/mol. The first kappa shape index (κ1) is 29.8. The predicted molar refractivity (Wildman–Crippen MR) is 161 cm³/mol. The van der Waals surface area contributed by atoms with Crippen LogP contribution in [0.5, 0.6) is 0 Å². The summed E-state index contributed by atoms with van der Waals surface area (Å²) in [6, 6.07) is 16.9. The maximum Gasteiger partial charge on any atom is 0.0924 e. The highest BCUT2D eigenvalue weighted by Crippen LogP contribution is 2.56. The minimum Gasteiger partial charge on any atom is -0.370 e. The van der Waals surface area contributed by atoms with Gasteiger partial charge in [0.1, 0.15) is 0 Å². The number of aryl methyl sites for hydroxylation is 2. The van der Waals surface area contributed by atoms with Crippen LogP contribution in [-0.4, -0.2) is 34.6 Å². The van der Waals surface area contributed by atoms with Gasteiger partial charge in [-0.25, -0.2) is 0 Å². The van der Waals surface area contributed by atoms with E-state index in [0.29, 0.717) is 25.0 Å². The van der Waals surface area contributed by atoms with Crippen LogP contribution >= 0.6 is 0 Å². The summed E-state index contributed by atoms with van der Waals surface area (Å²) in [6.45, 7) is 19.2. The molecule has 4 heteroatoms. The van der Waals surface area contributed by atoms with Crippen molar-refractivity contribution < 1.29 is 18.9 Å². The molecule has 0 radical (unpaired) electrons. The van der Waals surface area contributed by atoms with Crippen LogP contribution < -0.4 is 0 Å². The molecular formula is C36H52O4. The Labute approximate surface area is 243 Å². The first-order valence-electron chi connectivity index (χ1n) is 15.6. The van der Waals surface area contributed by atoms with Crippen LogP contribution in [0.2, 0.25) is 0 Å². The number of hydrogen-bond donors (Lipinski definition) is 0. The van der Waals surface area contributed by atoms with Crippen LogP contribution in [0, 0.1) is 25.7 Å². The number of rotatable bonds is 8. The average molecular weight is 549 g/mol. The lowest BCUT2D eigenvalue weighted by Crippen LogP contribution is -2.38. The molecule has 4 aliphatic rings. The Kier molecular flexibility index (Phi) is 8.31. The van der Waals surface area contributed by atoms with Crippen molar-refractivity contribution in [2.75, 3.05) is 0 Å². The molecule has 0 aliphatic carbocycles. The smallest absolute Gasteiger partial charge is 0.0924 e. The second kappa shape index (κ2) is 11.2. The van der Waals surface area contributed by atoms with Crippen LogP contribution in [0.4, 0.5) is 0 Å². The van der Waals surface area contributed by atoms with Crippen LogP contribution in [0.3, 0.4) is 0 Å². The second-order valence-electron chi connectivity index (χ2n) is 14.1. The lowest BCUT2D eigenvalue weighted by Gasteiger charge is -2.31. The standard InChI is InChI=1S/2C18H26O2/c2*1-13(2)18-10-9-17(4,20-18)16(11-18)19-12-15-8-6-5-7-14(15)3/h2*5-8,13,16H,9-12H2,1-4H3/t2*16-,17+,18+/m10/s1. The van der Waals surface area contributed by atoms with E-state index >= 15 is 0 Å². The molecule has 40 heavy (non-hydrogen) atoms. The lowest BCUT2D eigenvalue weighted by molar-refractivity contribution is -0.0961. The molecule has 0 saturated carbocycles. The highest BCUT2D eigenvalue weighted by Gasteiger charge is 2.61. The first-order chi connectivity index (χ1) is 18.9. The van der Waals surface area contributed by atoms with Crippen molar-refractivity contribution in [3.63, 3.8) is 0 Å². The van der Waals surface area contributed by atoms with E-state index in [1.165, 1.54) is 35.1 Å². The topological polar surface area (TPSA) is 36.9 Å². The minimum atomic E-state index is -0.0764. The largest absolute Gasteiger partial charge is 0.370 e. The molecule has 6 rings (SSSR count). The molecule has 4 saturated heterocycles. The van der Waals surface area contributed by atoms with Crippen molar-refractivity contribution in [2.45, 2.75) is 142 Å². The Morgan fingerprint density at radius 3 is 1.35 bits per heavy atom. The second-order valence-corrected chi connectivity index (χ2v) is 14.1. The van der Waals surface area contributed by atoms with Gasteiger partial charge in [0, 0.05) is 12.8 Å². The third-order valence-corrected chi connectivity index (χ3v) is 10.9. The van der Waals surface area contributed by atoms with Gasteiger partial charge in [0.05, 0.1) is 47.8 Å². The fourth-order valence-electron chi connectivity index (χ4n) is 7.53. The zero-order chi connectivity index (χ0) is 28.8. The molecule has 220 valence electrons. The van der Waals surface area contributed by atoms with Crippen molar-refractivity contribution in [1.82, 2.24) is 0 Å². The monoisotopic (exact) mass is 548 g/mol. The van der Waals surface area contributed by atoms with Gasteiger partial charge in [-0.05, 0) is 87.5 Å². The van der Waals surface area contributed by atoms with E-state index in [1.807, 2.05) is 0 Å². The lowest BCUT2D eigenvalue weighted by atomic mass is 9.75. The van der Waals surface area contributed by atoms with Gasteiger partial charge in [0.2, 0.25) is 0 Å². The molecule has 0 N–H and O–H groups in total. The summed E-state index contributed by atoms with van der Waals surface area (Å²) in [6.07, 6.45) is 7.20. The van der Waals surface area contributed by atoms with E-state index in [2.05, 4.69) is 104 Å². The van der Waals surface area contributed by atoms with E-state index in [4.69, 9.17) is 18.9 Å². The summed E-state index contributed by atoms with van der Waals surface area (Å²) >= 11 is 0. The summed E-state index contributed by atoms with van der Waals surface area (Å²) in [4.78, 5) is 0. The number of ether oxygens (including phenoxy) is 4. The van der Waals surface area contributed by atoms with Crippen molar-refractivity contribution in [3.8, 4) is 0 Å². The maximum atomic E-state index is 6.42. The molecule has 0 spiro atoms. The third kappa shape index (κ3) is 5.54. The van der Waals surface area contributed by atoms with Gasteiger partial charge in [-0.3, -0.25) is 0 Å². The van der Waals surface area contributed by atoms with Gasteiger partial charge < -0.3 is 18.9 Å². The Morgan fingerprint density at radius 1 is 0.650 bits per heavy atom. The Morgan fingerprint density at radius 2 is 1.02 bits per heavy atom. The minimum absolute atomic E-state index is 0.0607. The van der Waals surface area contributed by atoms with E-state index in [-0.39, 0.29) is 34.6 Å². The zero-order valence-electron chi connectivity index (χ0n) is 26.2. The fraction of sp³-hybridized carbons (Fsp3) is 0.667. The summed E-state index contributed by atoms with van der Waals surface area (Å²) in [5.41, 5.74) is 5.16. The highest BCUT2D eigenvalue weighted by atomic mass is 16.6. The van der Waals surface area contributed by atoms with Crippen LogP contribution in [0.25, 0.3) is 0 Å². The van der Waals surface area contributed by atoms with E-state index in [1.54, 1.807) is 0 Å². The molecule has 0 amide bonds. The summed E-state index contributed by atoms with van der Waals surface area (Å²) in [5.74, 6) is 1.13. The highest BCUT2D eigenvalue weighted by molar-refractivity contribution is 5.26. The van der Waals surface area contributed by atoms with Crippen molar-refractivity contribution in [3.05, 3.63) is 70.8 Å². The van der Waals surface area contributed by atoms with Gasteiger partial charge in [-0.2, -0.15) is 0 Å². The number of fused-ring (bicyclic) bond motifs is 4. The molecule has 2 aromatic rings. The maximum absolute atomic E-state index is 6.42. The molecule has 0 aromatic heterocycles. The fourth-order valence-corrected chi connectivity index (χ4v) is 7.53. The predicted octanol–water partition coefficient (Wildman–Crippen LogP) is 8.50. The molecule has 4 nitrogen and oxygen atoms in total. The van der Waals surface area contributed by atoms with Gasteiger partial charge in [-0.1, -0.05) is 76.2 Å². The molecule has 4 aliphatic heterocycles.